The number of rotatable bonds is 6. The van der Waals surface area contributed by atoms with Gasteiger partial charge in [0.2, 0.25) is 5.91 Å². The van der Waals surface area contributed by atoms with Gasteiger partial charge in [-0.3, -0.25) is 4.79 Å². The van der Waals surface area contributed by atoms with E-state index >= 15 is 0 Å². The summed E-state index contributed by atoms with van der Waals surface area (Å²) in [5, 5.41) is 9.82. The molecule has 28 heavy (non-hydrogen) atoms. The number of methoxy groups -OCH3 is 1. The highest BCUT2D eigenvalue weighted by molar-refractivity contribution is 7.20. The average molecular weight is 432 g/mol. The van der Waals surface area contributed by atoms with Gasteiger partial charge in [0.05, 0.1) is 29.8 Å². The molecule has 0 aliphatic carbocycles. The van der Waals surface area contributed by atoms with Crippen molar-refractivity contribution in [3.8, 4) is 26.9 Å². The predicted octanol–water partition coefficient (Wildman–Crippen LogP) is 5.32. The Morgan fingerprint density at radius 2 is 2.07 bits per heavy atom. The van der Waals surface area contributed by atoms with Crippen LogP contribution in [0.5, 0.6) is 5.75 Å². The zero-order chi connectivity index (χ0) is 19.5. The number of ether oxygens (including phenoxy) is 1. The molecule has 0 saturated heterocycles. The van der Waals surface area contributed by atoms with Crippen LogP contribution in [0.1, 0.15) is 5.69 Å². The lowest BCUT2D eigenvalue weighted by molar-refractivity contribution is -0.115. The molecule has 3 heterocycles. The van der Waals surface area contributed by atoms with Gasteiger partial charge in [-0.25, -0.2) is 14.4 Å². The van der Waals surface area contributed by atoms with Crippen molar-refractivity contribution in [3.63, 3.8) is 0 Å². The fraction of sp³-hybridized carbons (Fsp3) is 0.105. The van der Waals surface area contributed by atoms with E-state index in [4.69, 9.17) is 4.74 Å². The molecule has 0 atom stereocenters. The van der Waals surface area contributed by atoms with E-state index in [-0.39, 0.29) is 18.1 Å². The summed E-state index contributed by atoms with van der Waals surface area (Å²) in [6.45, 7) is 0. The van der Waals surface area contributed by atoms with Gasteiger partial charge in [-0.15, -0.1) is 34.0 Å². The lowest BCUT2D eigenvalue weighted by Crippen LogP contribution is -2.14. The highest BCUT2D eigenvalue weighted by atomic mass is 32.1. The summed E-state index contributed by atoms with van der Waals surface area (Å²) in [6, 6.07) is 8.62. The Hall–Kier alpha value is -2.62. The SMILES string of the molecule is COc1ccc(-c2csc(NC(=O)Cc3csc(-c4cccs4)n3)n2)cc1F. The van der Waals surface area contributed by atoms with Crippen LogP contribution in [0.25, 0.3) is 21.1 Å². The Bertz CT molecular complexity index is 1110. The maximum atomic E-state index is 13.9. The van der Waals surface area contributed by atoms with Gasteiger partial charge >= 0.3 is 0 Å². The van der Waals surface area contributed by atoms with E-state index in [1.807, 2.05) is 22.9 Å². The van der Waals surface area contributed by atoms with Crippen molar-refractivity contribution in [2.75, 3.05) is 12.4 Å². The number of amides is 1. The van der Waals surface area contributed by atoms with Gasteiger partial charge in [-0.2, -0.15) is 0 Å². The first-order valence-corrected chi connectivity index (χ1v) is 10.8. The molecule has 1 aromatic carbocycles. The summed E-state index contributed by atoms with van der Waals surface area (Å²) in [5.41, 5.74) is 1.94. The number of hydrogen-bond donors (Lipinski definition) is 1. The summed E-state index contributed by atoms with van der Waals surface area (Å²) in [6.07, 6.45) is 0.175. The summed E-state index contributed by atoms with van der Waals surface area (Å²) in [7, 11) is 1.42. The summed E-state index contributed by atoms with van der Waals surface area (Å²) in [5.74, 6) is -0.466. The van der Waals surface area contributed by atoms with E-state index in [2.05, 4.69) is 15.3 Å². The third-order valence-corrected chi connectivity index (χ3v) is 6.51. The lowest BCUT2D eigenvalue weighted by atomic mass is 10.1. The first-order chi connectivity index (χ1) is 13.6. The number of nitrogens with one attached hydrogen (secondary N) is 1. The average Bonchev–Trinajstić information content (AvgIpc) is 3.43. The molecule has 0 unspecified atom stereocenters. The number of thiophene rings is 1. The number of carbonyl (C=O) groups is 1. The fourth-order valence-electron chi connectivity index (χ4n) is 2.52. The van der Waals surface area contributed by atoms with Crippen LogP contribution in [0.2, 0.25) is 0 Å². The van der Waals surface area contributed by atoms with Gasteiger partial charge in [-0.05, 0) is 29.6 Å². The number of hydrogen-bond acceptors (Lipinski definition) is 7. The molecule has 0 saturated carbocycles. The number of halogens is 1. The highest BCUT2D eigenvalue weighted by Gasteiger charge is 2.13. The van der Waals surface area contributed by atoms with Crippen LogP contribution in [0.3, 0.4) is 0 Å². The van der Waals surface area contributed by atoms with Crippen molar-refractivity contribution in [2.24, 2.45) is 0 Å². The molecule has 9 heteroatoms. The molecule has 142 valence electrons. The molecule has 0 aliphatic rings. The molecule has 0 fully saturated rings. The molecule has 1 N–H and O–H groups in total. The van der Waals surface area contributed by atoms with Crippen molar-refractivity contribution in [3.05, 3.63) is 58.0 Å². The maximum Gasteiger partial charge on any atom is 0.232 e. The number of benzene rings is 1. The second kappa shape index (κ2) is 8.17. The van der Waals surface area contributed by atoms with Crippen molar-refractivity contribution in [2.45, 2.75) is 6.42 Å². The molecule has 4 aromatic rings. The molecule has 0 bridgehead atoms. The summed E-state index contributed by atoms with van der Waals surface area (Å²) in [4.78, 5) is 22.3. The van der Waals surface area contributed by atoms with Crippen molar-refractivity contribution >= 4 is 45.0 Å². The third-order valence-electron chi connectivity index (χ3n) is 3.82. The Kier molecular flexibility index (Phi) is 5.47. The minimum absolute atomic E-state index is 0.175. The van der Waals surface area contributed by atoms with Crippen molar-refractivity contribution in [1.82, 2.24) is 9.97 Å². The first-order valence-electron chi connectivity index (χ1n) is 8.20. The fourth-order valence-corrected chi connectivity index (χ4v) is 4.89. The molecule has 0 spiro atoms. The van der Waals surface area contributed by atoms with Gasteiger partial charge < -0.3 is 10.1 Å². The Labute approximate surface area is 172 Å². The van der Waals surface area contributed by atoms with E-state index in [1.54, 1.807) is 28.8 Å². The predicted molar refractivity (Wildman–Crippen MR) is 112 cm³/mol. The molecule has 0 radical (unpaired) electrons. The number of carbonyl (C=O) groups excluding carboxylic acids is 1. The van der Waals surface area contributed by atoms with E-state index in [0.29, 0.717) is 16.4 Å². The molecule has 0 aliphatic heterocycles. The van der Waals surface area contributed by atoms with Gasteiger partial charge in [0, 0.05) is 16.3 Å². The summed E-state index contributed by atoms with van der Waals surface area (Å²) >= 11 is 4.43. The molecular weight excluding hydrogens is 417 g/mol. The smallest absolute Gasteiger partial charge is 0.232 e. The molecule has 1 amide bonds. The van der Waals surface area contributed by atoms with Crippen molar-refractivity contribution in [1.29, 1.82) is 0 Å². The normalized spacial score (nSPS) is 10.8. The molecular formula is C19H14FN3O2S3. The Morgan fingerprint density at radius 3 is 2.82 bits per heavy atom. The monoisotopic (exact) mass is 431 g/mol. The zero-order valence-electron chi connectivity index (χ0n) is 14.6. The van der Waals surface area contributed by atoms with Crippen LogP contribution in [0, 0.1) is 5.82 Å². The van der Waals surface area contributed by atoms with Crippen LogP contribution in [-0.2, 0) is 11.2 Å². The maximum absolute atomic E-state index is 13.9. The van der Waals surface area contributed by atoms with Crippen LogP contribution < -0.4 is 10.1 Å². The minimum Gasteiger partial charge on any atom is -0.494 e. The first kappa shape index (κ1) is 18.7. The topological polar surface area (TPSA) is 64.1 Å². The Balaban J connectivity index is 1.41. The highest BCUT2D eigenvalue weighted by Crippen LogP contribution is 2.29. The van der Waals surface area contributed by atoms with Crippen LogP contribution in [0.4, 0.5) is 9.52 Å². The van der Waals surface area contributed by atoms with E-state index in [1.165, 1.54) is 35.8 Å². The number of anilines is 1. The van der Waals surface area contributed by atoms with Gasteiger partial charge in [0.25, 0.3) is 0 Å². The van der Waals surface area contributed by atoms with Crippen LogP contribution in [0.15, 0.2) is 46.5 Å². The number of thiazole rings is 2. The Morgan fingerprint density at radius 1 is 1.18 bits per heavy atom. The van der Waals surface area contributed by atoms with Crippen LogP contribution in [-0.4, -0.2) is 23.0 Å². The largest absolute Gasteiger partial charge is 0.494 e. The third kappa shape index (κ3) is 4.11. The van der Waals surface area contributed by atoms with Gasteiger partial charge in [-0.1, -0.05) is 6.07 Å². The number of nitrogens with zero attached hydrogens (tertiary/aromatic N) is 2. The van der Waals surface area contributed by atoms with E-state index in [9.17, 15) is 9.18 Å². The minimum atomic E-state index is -0.455. The van der Waals surface area contributed by atoms with Gasteiger partial charge in [0.1, 0.15) is 5.01 Å². The molecule has 4 rings (SSSR count). The standard InChI is InChI=1S/C19H14FN3O2S3/c1-25-15-5-4-11(7-13(15)20)14-10-28-19(22-14)23-17(24)8-12-9-27-18(21-12)16-3-2-6-26-16/h2-7,9-10H,8H2,1H3,(H,22,23,24). The molecule has 3 aromatic heterocycles. The van der Waals surface area contributed by atoms with Crippen LogP contribution >= 0.6 is 34.0 Å². The lowest BCUT2D eigenvalue weighted by Gasteiger charge is -2.03. The second-order valence-electron chi connectivity index (χ2n) is 5.73. The van der Waals surface area contributed by atoms with Gasteiger partial charge in [0.15, 0.2) is 16.7 Å². The summed E-state index contributed by atoms with van der Waals surface area (Å²) < 4.78 is 18.8. The number of aromatic nitrogens is 2. The van der Waals surface area contributed by atoms with E-state index in [0.717, 1.165) is 15.6 Å². The molecule has 5 nitrogen and oxygen atoms in total. The van der Waals surface area contributed by atoms with Crippen molar-refractivity contribution < 1.29 is 13.9 Å². The second-order valence-corrected chi connectivity index (χ2v) is 8.40. The van der Waals surface area contributed by atoms with E-state index < -0.39 is 5.82 Å². The quantitative estimate of drug-likeness (QED) is 0.449. The zero-order valence-corrected chi connectivity index (χ0v) is 17.1.